The van der Waals surface area contributed by atoms with E-state index in [0.717, 1.165) is 0 Å². The summed E-state index contributed by atoms with van der Waals surface area (Å²) in [6, 6.07) is 11.0. The molecule has 27 heavy (non-hydrogen) atoms. The van der Waals surface area contributed by atoms with Gasteiger partial charge in [-0.05, 0) is 44.2 Å². The van der Waals surface area contributed by atoms with Crippen LogP contribution in [0.5, 0.6) is 5.75 Å². The van der Waals surface area contributed by atoms with Crippen molar-refractivity contribution in [3.05, 3.63) is 69.5 Å². The maximum absolute atomic E-state index is 11.0. The lowest BCUT2D eigenvalue weighted by molar-refractivity contribution is -0.485. The van der Waals surface area contributed by atoms with Gasteiger partial charge in [-0.15, -0.1) is 0 Å². The summed E-state index contributed by atoms with van der Waals surface area (Å²) >= 11 is 0. The predicted octanol–water partition coefficient (Wildman–Crippen LogP) is 1.75. The van der Waals surface area contributed by atoms with E-state index in [1.54, 1.807) is 50.2 Å². The number of benzene rings is 1. The molecule has 0 amide bonds. The van der Waals surface area contributed by atoms with Crippen molar-refractivity contribution < 1.29 is 14.9 Å². The van der Waals surface area contributed by atoms with Gasteiger partial charge in [0.05, 0.1) is 22.8 Å². The van der Waals surface area contributed by atoms with Crippen LogP contribution >= 0.6 is 0 Å². The molecule has 1 aromatic heterocycles. The number of aliphatic hydroxyl groups is 1. The Morgan fingerprint density at radius 3 is 2.85 bits per heavy atom. The number of fused-ring (bicyclic) bond motifs is 1. The van der Waals surface area contributed by atoms with Crippen LogP contribution in [0.15, 0.2) is 47.7 Å². The second-order valence-electron chi connectivity index (χ2n) is 6.54. The van der Waals surface area contributed by atoms with Crippen LogP contribution in [0, 0.1) is 21.4 Å². The lowest BCUT2D eigenvalue weighted by atomic mass is 9.86. The highest BCUT2D eigenvalue weighted by Gasteiger charge is 2.43. The molecule has 0 fully saturated rings. The van der Waals surface area contributed by atoms with Crippen LogP contribution in [0.3, 0.4) is 0 Å². The van der Waals surface area contributed by atoms with E-state index >= 15 is 0 Å². The summed E-state index contributed by atoms with van der Waals surface area (Å²) in [5, 5.41) is 36.5. The van der Waals surface area contributed by atoms with Crippen molar-refractivity contribution >= 4 is 5.84 Å². The van der Waals surface area contributed by atoms with Crippen molar-refractivity contribution in [1.82, 2.24) is 10.3 Å². The molecule has 1 aliphatic rings. The van der Waals surface area contributed by atoms with E-state index in [1.165, 1.54) is 6.20 Å². The van der Waals surface area contributed by atoms with E-state index in [-0.39, 0.29) is 11.5 Å². The molecule has 138 valence electrons. The number of nitro groups is 1. The second kappa shape index (κ2) is 7.01. The molecular formula is C18H17N5O4. The Bertz CT molecular complexity index is 937. The molecule has 2 heterocycles. The second-order valence-corrected chi connectivity index (χ2v) is 6.54. The molecule has 0 aliphatic carbocycles. The minimum atomic E-state index is -1.07. The number of hydrogen-bond donors (Lipinski definition) is 2. The summed E-state index contributed by atoms with van der Waals surface area (Å²) in [6.45, 7) is 3.41. The van der Waals surface area contributed by atoms with Gasteiger partial charge in [-0.3, -0.25) is 4.98 Å². The molecule has 0 saturated heterocycles. The molecule has 3 rings (SSSR count). The van der Waals surface area contributed by atoms with Crippen molar-refractivity contribution in [2.75, 3.05) is 0 Å². The third kappa shape index (κ3) is 3.70. The van der Waals surface area contributed by atoms with Gasteiger partial charge in [-0.1, -0.05) is 6.07 Å². The minimum absolute atomic E-state index is 0.101. The Morgan fingerprint density at radius 2 is 2.22 bits per heavy atom. The number of nitriles is 1. The summed E-state index contributed by atoms with van der Waals surface area (Å²) < 4.78 is 5.84. The molecule has 9 nitrogen and oxygen atoms in total. The summed E-state index contributed by atoms with van der Waals surface area (Å²) in [5.74, 6) is 0.374. The third-order valence-electron chi connectivity index (χ3n) is 4.26. The molecule has 0 bridgehead atoms. The summed E-state index contributed by atoms with van der Waals surface area (Å²) in [5.41, 5.74) is 0.168. The Kier molecular flexibility index (Phi) is 4.75. The van der Waals surface area contributed by atoms with Gasteiger partial charge in [-0.2, -0.15) is 5.26 Å². The zero-order chi connectivity index (χ0) is 19.6. The lowest BCUT2D eigenvalue weighted by Crippen LogP contribution is -2.53. The van der Waals surface area contributed by atoms with Crippen LogP contribution in [0.2, 0.25) is 0 Å². The quantitative estimate of drug-likeness (QED) is 0.365. The highest BCUT2D eigenvalue weighted by molar-refractivity contribution is 5.96. The monoisotopic (exact) mass is 367 g/mol. The number of rotatable bonds is 3. The Morgan fingerprint density at radius 1 is 1.44 bits per heavy atom. The van der Waals surface area contributed by atoms with Crippen LogP contribution in [0.25, 0.3) is 0 Å². The Hall–Kier alpha value is -3.51. The van der Waals surface area contributed by atoms with Crippen LogP contribution in [0.1, 0.15) is 36.7 Å². The minimum Gasteiger partial charge on any atom is -0.485 e. The molecule has 0 unspecified atom stereocenters. The van der Waals surface area contributed by atoms with Crippen molar-refractivity contribution in [2.24, 2.45) is 5.10 Å². The number of hydrogen-bond acceptors (Lipinski definition) is 6. The van der Waals surface area contributed by atoms with Gasteiger partial charge < -0.3 is 15.2 Å². The summed E-state index contributed by atoms with van der Waals surface area (Å²) in [4.78, 5) is 15.1. The average Bonchev–Trinajstić information content (AvgIpc) is 2.64. The van der Waals surface area contributed by atoms with Crippen molar-refractivity contribution in [1.29, 1.82) is 5.26 Å². The largest absolute Gasteiger partial charge is 0.485 e. The van der Waals surface area contributed by atoms with Gasteiger partial charge in [0.2, 0.25) is 5.84 Å². The number of nitrogens with zero attached hydrogens (tertiary/aromatic N) is 4. The molecule has 0 saturated carbocycles. The number of nitrogens with one attached hydrogen (secondary N) is 1. The fourth-order valence-corrected chi connectivity index (χ4v) is 2.91. The molecule has 0 radical (unpaired) electrons. The maximum Gasteiger partial charge on any atom is 0.226 e. The van der Waals surface area contributed by atoms with Gasteiger partial charge in [0, 0.05) is 11.8 Å². The van der Waals surface area contributed by atoms with Gasteiger partial charge in [0.15, 0.2) is 5.03 Å². The third-order valence-corrected chi connectivity index (χ3v) is 4.26. The van der Waals surface area contributed by atoms with Gasteiger partial charge in [-0.25, -0.2) is 10.1 Å². The van der Waals surface area contributed by atoms with Crippen molar-refractivity contribution in [3.63, 3.8) is 0 Å². The van der Waals surface area contributed by atoms with E-state index in [4.69, 9.17) is 4.74 Å². The lowest BCUT2D eigenvalue weighted by Gasteiger charge is -2.42. The molecule has 2 N–H and O–H groups in total. The number of aliphatic hydroxyl groups excluding tert-OH is 1. The van der Waals surface area contributed by atoms with Gasteiger partial charge >= 0.3 is 0 Å². The summed E-state index contributed by atoms with van der Waals surface area (Å²) in [6.07, 6.45) is 0.415. The number of aromatic nitrogens is 1. The van der Waals surface area contributed by atoms with Crippen LogP contribution in [0.4, 0.5) is 0 Å². The maximum atomic E-state index is 11.0. The standard InChI is InChI=1S/C18H17N5O4/c1-18(2)16(24)15(12-9-11(10-19)6-7-14(12)27-18)21-17(22-23(25)26)13-5-3-4-8-20-13/h3-9,15-16,24H,1-2H3,(H,21,22)/t15-,16+/m0/s1. The van der Waals surface area contributed by atoms with Crippen LogP contribution < -0.4 is 10.1 Å². The van der Waals surface area contributed by atoms with Crippen molar-refractivity contribution in [3.8, 4) is 11.8 Å². The molecule has 0 spiro atoms. The first-order valence-corrected chi connectivity index (χ1v) is 8.14. The van der Waals surface area contributed by atoms with E-state index in [1.807, 2.05) is 6.07 Å². The summed E-state index contributed by atoms with van der Waals surface area (Å²) in [7, 11) is 0. The van der Waals surface area contributed by atoms with Gasteiger partial charge in [0.25, 0.3) is 0 Å². The highest BCUT2D eigenvalue weighted by atomic mass is 16.7. The van der Waals surface area contributed by atoms with Crippen molar-refractivity contribution in [2.45, 2.75) is 31.6 Å². The van der Waals surface area contributed by atoms with Crippen LogP contribution in [-0.2, 0) is 0 Å². The topological polar surface area (TPSA) is 134 Å². The number of pyridine rings is 1. The number of ether oxygens (including phenoxy) is 1. The number of amidine groups is 1. The van der Waals surface area contributed by atoms with E-state index in [9.17, 15) is 20.5 Å². The predicted molar refractivity (Wildman–Crippen MR) is 95.5 cm³/mol. The first-order chi connectivity index (χ1) is 12.8. The first-order valence-electron chi connectivity index (χ1n) is 8.14. The first kappa shape index (κ1) is 18.3. The highest BCUT2D eigenvalue weighted by Crippen LogP contribution is 2.40. The molecule has 1 aliphatic heterocycles. The zero-order valence-corrected chi connectivity index (χ0v) is 14.7. The smallest absolute Gasteiger partial charge is 0.226 e. The SMILES string of the molecule is CC1(C)Oc2ccc(C#N)cc2[C@H](NC(=N[N+](=O)[O-])c2ccccn2)[C@H]1O. The molecule has 2 aromatic rings. The van der Waals surface area contributed by atoms with E-state index < -0.39 is 22.8 Å². The van der Waals surface area contributed by atoms with Crippen LogP contribution in [-0.4, -0.2) is 32.7 Å². The Balaban J connectivity index is 2.08. The normalized spacial score (nSPS) is 20.7. The van der Waals surface area contributed by atoms with Gasteiger partial charge in [0.1, 0.15) is 23.1 Å². The van der Waals surface area contributed by atoms with E-state index in [2.05, 4.69) is 15.4 Å². The molecule has 2 atom stereocenters. The number of hydrazone groups is 1. The molecule has 1 aromatic carbocycles. The Labute approximate surface area is 155 Å². The molecule has 9 heteroatoms. The van der Waals surface area contributed by atoms with E-state index in [0.29, 0.717) is 16.9 Å². The fraction of sp³-hybridized carbons (Fsp3) is 0.278. The average molecular weight is 367 g/mol. The zero-order valence-electron chi connectivity index (χ0n) is 14.7. The molecular weight excluding hydrogens is 350 g/mol. The fourth-order valence-electron chi connectivity index (χ4n) is 2.91.